The predicted octanol–water partition coefficient (Wildman–Crippen LogP) is 5.32. The minimum atomic E-state index is -2.36. The summed E-state index contributed by atoms with van der Waals surface area (Å²) in [6.07, 6.45) is 5.24. The molecule has 2 unspecified atom stereocenters. The van der Waals surface area contributed by atoms with Crippen molar-refractivity contribution in [1.82, 2.24) is 0 Å². The van der Waals surface area contributed by atoms with E-state index in [4.69, 9.17) is 0 Å². The first-order valence-corrected chi connectivity index (χ1v) is 24.7. The van der Waals surface area contributed by atoms with Crippen LogP contribution in [0.25, 0.3) is 23.3 Å². The Morgan fingerprint density at radius 1 is 0.568 bits per heavy atom. The fourth-order valence-electron chi connectivity index (χ4n) is 7.46. The van der Waals surface area contributed by atoms with E-state index >= 15 is 0 Å². The smallest absolute Gasteiger partial charge is 1.00 e. The molecule has 0 fully saturated rings. The van der Waals surface area contributed by atoms with Gasteiger partial charge in [-0.3, -0.25) is 0 Å². The molecule has 4 aromatic rings. The summed E-state index contributed by atoms with van der Waals surface area (Å²) < 4.78 is 1.11. The van der Waals surface area contributed by atoms with E-state index < -0.39 is 25.8 Å². The Kier molecular flexibility index (Phi) is 11.3. The van der Waals surface area contributed by atoms with Crippen LogP contribution in [0, 0.1) is 13.8 Å². The molecule has 2 aliphatic carbocycles. The molecule has 44 heavy (non-hydrogen) atoms. The van der Waals surface area contributed by atoms with E-state index in [-0.39, 0.29) is 24.8 Å². The molecule has 226 valence electrons. The maximum absolute atomic E-state index is 2.65. The summed E-state index contributed by atoms with van der Waals surface area (Å²) in [5.74, 6) is 1.02. The van der Waals surface area contributed by atoms with Crippen molar-refractivity contribution in [1.29, 1.82) is 0 Å². The van der Waals surface area contributed by atoms with Crippen molar-refractivity contribution in [3.05, 3.63) is 141 Å². The summed E-state index contributed by atoms with van der Waals surface area (Å²) in [7, 11) is 0. The average molecular weight is 715 g/mol. The molecule has 0 saturated heterocycles. The molecule has 4 heteroatoms. The molecule has 0 aromatic heterocycles. The first kappa shape index (κ1) is 34.9. The average Bonchev–Trinajstić information content (AvgIpc) is 3.52. The molecule has 0 radical (unpaired) electrons. The molecular formula is C40H44Cl2SiZr. The summed E-state index contributed by atoms with van der Waals surface area (Å²) in [6.45, 7) is 19.4. The topological polar surface area (TPSA) is 0 Å². The molecule has 0 bridgehead atoms. The van der Waals surface area contributed by atoms with Gasteiger partial charge in [-0.2, -0.15) is 0 Å². The van der Waals surface area contributed by atoms with Crippen LogP contribution in [-0.4, -0.2) is 5.43 Å². The van der Waals surface area contributed by atoms with Gasteiger partial charge in [-0.1, -0.05) is 0 Å². The number of benzene rings is 4. The number of halogens is 2. The van der Waals surface area contributed by atoms with Gasteiger partial charge in [0.05, 0.1) is 0 Å². The van der Waals surface area contributed by atoms with Gasteiger partial charge in [0.25, 0.3) is 0 Å². The van der Waals surface area contributed by atoms with Gasteiger partial charge in [0, 0.05) is 0 Å². The largest absolute Gasteiger partial charge is 1.00 e. The van der Waals surface area contributed by atoms with Gasteiger partial charge < -0.3 is 24.8 Å². The van der Waals surface area contributed by atoms with E-state index in [1.165, 1.54) is 44.5 Å². The Morgan fingerprint density at radius 2 is 0.932 bits per heavy atom. The third-order valence-electron chi connectivity index (χ3n) is 9.28. The van der Waals surface area contributed by atoms with Crippen LogP contribution in [0.1, 0.15) is 102 Å². The summed E-state index contributed by atoms with van der Waals surface area (Å²) in [6, 6.07) is 32.8. The zero-order valence-corrected chi connectivity index (χ0v) is 32.3. The Bertz CT molecular complexity index is 1640. The van der Waals surface area contributed by atoms with Crippen molar-refractivity contribution in [2.45, 2.75) is 73.7 Å². The SMILES string of the molecule is Cc1cc(C(C)C)c2c(c1)[CH]([Zr+2]([CH]1C(c3ccccc3)=Cc3c(C(C)C)cc(C)cc31)=[Si](C)C)C(c1ccccc1)=C2.[Cl-].[Cl-]. The summed E-state index contributed by atoms with van der Waals surface area (Å²) in [5.41, 5.74) is 17.6. The second-order valence-corrected chi connectivity index (χ2v) is 31.1. The Balaban J connectivity index is 0.00000221. The number of hydrogen-bond acceptors (Lipinski definition) is 0. The maximum atomic E-state index is 2.65. The standard InChI is InChI=1S/2C19H19.C2H6Si.2ClH.Zr/c2*1-13(2)18-10-14(3)9-17-11-16(12-19(17)18)15-7-5-4-6-8-15;1-3-2;;;/h2*4-13H,1-3H3;1-2H3;2*1H;/q;;;;;+2/p-2. The van der Waals surface area contributed by atoms with E-state index in [1.807, 2.05) is 0 Å². The van der Waals surface area contributed by atoms with E-state index in [9.17, 15) is 0 Å². The maximum Gasteiger partial charge on any atom is -1.00 e. The van der Waals surface area contributed by atoms with Crippen molar-refractivity contribution < 1.29 is 45.2 Å². The molecule has 6 rings (SSSR count). The molecule has 0 heterocycles. The van der Waals surface area contributed by atoms with Crippen LogP contribution in [0.3, 0.4) is 0 Å². The quantitative estimate of drug-likeness (QED) is 0.238. The predicted molar refractivity (Wildman–Crippen MR) is 182 cm³/mol. The molecule has 4 aromatic carbocycles. The van der Waals surface area contributed by atoms with E-state index in [0.29, 0.717) is 19.1 Å². The Labute approximate surface area is 286 Å². The fourth-order valence-corrected chi connectivity index (χ4v) is 27.3. The Morgan fingerprint density at radius 3 is 1.25 bits per heavy atom. The van der Waals surface area contributed by atoms with Crippen molar-refractivity contribution in [3.63, 3.8) is 0 Å². The van der Waals surface area contributed by atoms with Gasteiger partial charge in [0.15, 0.2) is 0 Å². The van der Waals surface area contributed by atoms with Crippen molar-refractivity contribution in [2.75, 3.05) is 0 Å². The molecule has 0 aliphatic heterocycles. The van der Waals surface area contributed by atoms with Crippen LogP contribution in [-0.2, 0) is 20.4 Å². The van der Waals surface area contributed by atoms with E-state index in [1.54, 1.807) is 22.3 Å². The monoisotopic (exact) mass is 712 g/mol. The van der Waals surface area contributed by atoms with Crippen molar-refractivity contribution >= 4 is 28.7 Å². The van der Waals surface area contributed by atoms with Crippen molar-refractivity contribution in [2.24, 2.45) is 0 Å². The normalized spacial score (nSPS) is 16.3. The van der Waals surface area contributed by atoms with E-state index in [2.05, 4.69) is 152 Å². The first-order chi connectivity index (χ1) is 20.2. The minimum Gasteiger partial charge on any atom is -1.00 e. The van der Waals surface area contributed by atoms with Gasteiger partial charge in [-0.25, -0.2) is 0 Å². The van der Waals surface area contributed by atoms with Crippen LogP contribution in [0.2, 0.25) is 13.1 Å². The third-order valence-corrected chi connectivity index (χ3v) is 28.5. The molecule has 0 N–H and O–H groups in total. The van der Waals surface area contributed by atoms with Crippen LogP contribution in [0.15, 0.2) is 84.9 Å². The van der Waals surface area contributed by atoms with Crippen LogP contribution < -0.4 is 24.8 Å². The second kappa shape index (κ2) is 14.2. The zero-order valence-electron chi connectivity index (χ0n) is 27.3. The van der Waals surface area contributed by atoms with Gasteiger partial charge in [0.2, 0.25) is 0 Å². The molecular weight excluding hydrogens is 671 g/mol. The molecule has 2 aliphatic rings. The summed E-state index contributed by atoms with van der Waals surface area (Å²) in [5, 5.41) is 0. The number of allylic oxidation sites excluding steroid dienone is 2. The molecule has 2 atom stereocenters. The van der Waals surface area contributed by atoms with Gasteiger partial charge >= 0.3 is 263 Å². The Hall–Kier alpha value is -1.96. The molecule has 0 amide bonds. The number of fused-ring (bicyclic) bond motifs is 2. The van der Waals surface area contributed by atoms with Gasteiger partial charge in [-0.15, -0.1) is 0 Å². The first-order valence-electron chi connectivity index (χ1n) is 15.7. The van der Waals surface area contributed by atoms with Crippen LogP contribution in [0.5, 0.6) is 0 Å². The van der Waals surface area contributed by atoms with Crippen LogP contribution >= 0.6 is 0 Å². The van der Waals surface area contributed by atoms with Gasteiger partial charge in [-0.05, 0) is 0 Å². The summed E-state index contributed by atoms with van der Waals surface area (Å²) >= 11 is -2.36. The van der Waals surface area contributed by atoms with Gasteiger partial charge in [0.1, 0.15) is 0 Å². The second-order valence-electron chi connectivity index (χ2n) is 13.3. The number of aryl methyl sites for hydroxylation is 2. The van der Waals surface area contributed by atoms with Crippen molar-refractivity contribution in [3.8, 4) is 0 Å². The molecule has 0 spiro atoms. The summed E-state index contributed by atoms with van der Waals surface area (Å²) in [4.78, 5) is 0. The minimum absolute atomic E-state index is 0. The zero-order chi connectivity index (χ0) is 29.7. The number of rotatable bonds is 6. The molecule has 0 saturated carbocycles. The fraction of sp³-hybridized carbons (Fsp3) is 0.300. The van der Waals surface area contributed by atoms with E-state index in [0.717, 1.165) is 0 Å². The molecule has 0 nitrogen and oxygen atoms in total. The number of hydrogen-bond donors (Lipinski definition) is 0. The van der Waals surface area contributed by atoms with Crippen LogP contribution in [0.4, 0.5) is 0 Å². The third kappa shape index (κ3) is 6.35.